The molecule has 3 aliphatic rings. The topological polar surface area (TPSA) is 85.2 Å². The van der Waals surface area contributed by atoms with Crippen LogP contribution in [0.15, 0.2) is 48.7 Å². The lowest BCUT2D eigenvalue weighted by Gasteiger charge is -2.43. The Kier molecular flexibility index (Phi) is 7.43. The standard InChI is InChI=1S/C30H32F4N6O3/c1-19-5-4-8-25(31)26(19)36-12-9-22(10-13-36)39-17-21-15-37(18-23-11-14-38(23)29(42)43)35-27(21)40(28(39)41)16-20-6-2-3-7-24(20)30(32,33)34/h2-8,15,22-23H,9-14,16-18H2,1H3,(H,42,43). The minimum atomic E-state index is -4.60. The summed E-state index contributed by atoms with van der Waals surface area (Å²) < 4.78 is 57.9. The molecule has 228 valence electrons. The summed E-state index contributed by atoms with van der Waals surface area (Å²) in [5.41, 5.74) is 1.18. The molecule has 43 heavy (non-hydrogen) atoms. The Morgan fingerprint density at radius 2 is 1.79 bits per heavy atom. The van der Waals surface area contributed by atoms with Crippen molar-refractivity contribution in [2.24, 2.45) is 0 Å². The summed E-state index contributed by atoms with van der Waals surface area (Å²) in [6.07, 6.45) is -2.06. The van der Waals surface area contributed by atoms with Gasteiger partial charge in [-0.2, -0.15) is 18.3 Å². The van der Waals surface area contributed by atoms with Crippen molar-refractivity contribution in [3.63, 3.8) is 0 Å². The van der Waals surface area contributed by atoms with Crippen molar-refractivity contribution in [1.29, 1.82) is 0 Å². The van der Waals surface area contributed by atoms with Gasteiger partial charge in [0, 0.05) is 37.4 Å². The van der Waals surface area contributed by atoms with Crippen molar-refractivity contribution < 1.29 is 32.3 Å². The summed E-state index contributed by atoms with van der Waals surface area (Å²) in [6.45, 7) is 3.50. The second kappa shape index (κ2) is 11.1. The quantitative estimate of drug-likeness (QED) is 0.367. The van der Waals surface area contributed by atoms with Crippen LogP contribution in [0.4, 0.5) is 38.7 Å². The van der Waals surface area contributed by atoms with Gasteiger partial charge in [0.25, 0.3) is 0 Å². The Labute approximate surface area is 245 Å². The summed E-state index contributed by atoms with van der Waals surface area (Å²) in [7, 11) is 0. The van der Waals surface area contributed by atoms with E-state index in [1.54, 1.807) is 21.8 Å². The molecule has 1 N–H and O–H groups in total. The zero-order chi connectivity index (χ0) is 30.5. The first-order valence-electron chi connectivity index (χ1n) is 14.3. The molecule has 2 saturated heterocycles. The van der Waals surface area contributed by atoms with Crippen LogP contribution in [0, 0.1) is 12.7 Å². The van der Waals surface area contributed by atoms with E-state index in [1.165, 1.54) is 34.1 Å². The molecule has 0 bridgehead atoms. The Hall–Kier alpha value is -4.29. The third-order valence-corrected chi connectivity index (χ3v) is 8.74. The number of benzene rings is 2. The zero-order valence-electron chi connectivity index (χ0n) is 23.6. The smallest absolute Gasteiger partial charge is 0.416 e. The molecule has 13 heteroatoms. The molecule has 0 spiro atoms. The molecule has 0 aliphatic carbocycles. The Morgan fingerprint density at radius 3 is 2.44 bits per heavy atom. The second-order valence-electron chi connectivity index (χ2n) is 11.4. The number of rotatable bonds is 6. The third kappa shape index (κ3) is 5.48. The van der Waals surface area contributed by atoms with Gasteiger partial charge < -0.3 is 19.8 Å². The van der Waals surface area contributed by atoms with Crippen LogP contribution in [0.25, 0.3) is 0 Å². The SMILES string of the molecule is Cc1cccc(F)c1N1CCC(N2Cc3cn(CC4CCN4C(=O)O)nc3N(Cc3ccccc3C(F)(F)F)C2=O)CC1. The summed E-state index contributed by atoms with van der Waals surface area (Å²) in [6, 6.07) is 9.22. The maximum absolute atomic E-state index is 14.6. The fourth-order valence-electron chi connectivity index (χ4n) is 6.44. The molecule has 6 rings (SSSR count). The number of carboxylic acid groups (broad SMARTS) is 1. The highest BCUT2D eigenvalue weighted by molar-refractivity contribution is 5.94. The fraction of sp³-hybridized carbons (Fsp3) is 0.433. The molecule has 3 amide bonds. The molecule has 2 aromatic carbocycles. The van der Waals surface area contributed by atoms with Crippen molar-refractivity contribution in [2.45, 2.75) is 64.1 Å². The average molecular weight is 601 g/mol. The van der Waals surface area contributed by atoms with E-state index in [-0.39, 0.29) is 48.9 Å². The van der Waals surface area contributed by atoms with E-state index in [4.69, 9.17) is 0 Å². The van der Waals surface area contributed by atoms with Crippen LogP contribution in [0.2, 0.25) is 0 Å². The highest BCUT2D eigenvalue weighted by atomic mass is 19.4. The van der Waals surface area contributed by atoms with Crippen molar-refractivity contribution in [3.05, 3.63) is 76.7 Å². The Balaban J connectivity index is 1.28. The molecule has 1 aromatic heterocycles. The summed E-state index contributed by atoms with van der Waals surface area (Å²) in [4.78, 5) is 31.8. The largest absolute Gasteiger partial charge is 0.465 e. The first-order valence-corrected chi connectivity index (χ1v) is 14.3. The van der Waals surface area contributed by atoms with E-state index >= 15 is 0 Å². The van der Waals surface area contributed by atoms with Crippen molar-refractivity contribution in [2.75, 3.05) is 29.4 Å². The number of para-hydroxylation sites is 1. The fourth-order valence-corrected chi connectivity index (χ4v) is 6.44. The van der Waals surface area contributed by atoms with Gasteiger partial charge in [-0.05, 0) is 49.4 Å². The summed E-state index contributed by atoms with van der Waals surface area (Å²) >= 11 is 0. The zero-order valence-corrected chi connectivity index (χ0v) is 23.6. The van der Waals surface area contributed by atoms with E-state index < -0.39 is 23.9 Å². The first-order chi connectivity index (χ1) is 20.5. The molecule has 0 saturated carbocycles. The Bertz CT molecular complexity index is 1510. The number of fused-ring (bicyclic) bond motifs is 1. The maximum atomic E-state index is 14.6. The molecular formula is C30H32F4N6O3. The maximum Gasteiger partial charge on any atom is 0.416 e. The molecule has 2 fully saturated rings. The van der Waals surface area contributed by atoms with Gasteiger partial charge in [-0.1, -0.05) is 30.3 Å². The van der Waals surface area contributed by atoms with Crippen molar-refractivity contribution in [1.82, 2.24) is 19.6 Å². The molecule has 0 radical (unpaired) electrons. The second-order valence-corrected chi connectivity index (χ2v) is 11.4. The van der Waals surface area contributed by atoms with Gasteiger partial charge in [0.15, 0.2) is 5.82 Å². The number of piperidine rings is 1. The van der Waals surface area contributed by atoms with Gasteiger partial charge >= 0.3 is 18.3 Å². The number of anilines is 2. The van der Waals surface area contributed by atoms with Gasteiger partial charge in [-0.25, -0.2) is 14.0 Å². The van der Waals surface area contributed by atoms with E-state index in [9.17, 15) is 32.3 Å². The number of hydrogen-bond donors (Lipinski definition) is 1. The molecule has 9 nitrogen and oxygen atoms in total. The van der Waals surface area contributed by atoms with Crippen LogP contribution < -0.4 is 9.80 Å². The monoisotopic (exact) mass is 600 g/mol. The highest BCUT2D eigenvalue weighted by Gasteiger charge is 2.41. The van der Waals surface area contributed by atoms with Crippen LogP contribution in [-0.4, -0.2) is 68.5 Å². The number of alkyl halides is 3. The minimum absolute atomic E-state index is 0.0495. The van der Waals surface area contributed by atoms with Crippen molar-refractivity contribution >= 4 is 23.6 Å². The molecule has 1 unspecified atom stereocenters. The van der Waals surface area contributed by atoms with Gasteiger partial charge in [-0.3, -0.25) is 9.58 Å². The molecule has 4 heterocycles. The van der Waals surface area contributed by atoms with Gasteiger partial charge in [0.1, 0.15) is 5.82 Å². The number of nitrogens with zero attached hydrogens (tertiary/aromatic N) is 6. The van der Waals surface area contributed by atoms with Crippen LogP contribution in [0.1, 0.15) is 41.5 Å². The number of aryl methyl sites for hydroxylation is 1. The first kappa shape index (κ1) is 28.8. The minimum Gasteiger partial charge on any atom is -0.465 e. The number of amides is 3. The van der Waals surface area contributed by atoms with Crippen LogP contribution in [0.5, 0.6) is 0 Å². The van der Waals surface area contributed by atoms with Gasteiger partial charge in [0.05, 0.1) is 36.9 Å². The van der Waals surface area contributed by atoms with E-state index in [1.807, 2.05) is 17.9 Å². The Morgan fingerprint density at radius 1 is 1.05 bits per heavy atom. The number of urea groups is 1. The molecule has 3 aliphatic heterocycles. The number of likely N-dealkylation sites (tertiary alicyclic amines) is 1. The molecular weight excluding hydrogens is 568 g/mol. The summed E-state index contributed by atoms with van der Waals surface area (Å²) in [5, 5.41) is 14.0. The number of carbonyl (C=O) groups excluding carboxylic acids is 1. The lowest BCUT2D eigenvalue weighted by molar-refractivity contribution is -0.138. The third-order valence-electron chi connectivity index (χ3n) is 8.74. The number of carbonyl (C=O) groups is 2. The number of aromatic nitrogens is 2. The van der Waals surface area contributed by atoms with Crippen LogP contribution >= 0.6 is 0 Å². The highest BCUT2D eigenvalue weighted by Crippen LogP contribution is 2.37. The number of hydrogen-bond acceptors (Lipinski definition) is 4. The van der Waals surface area contributed by atoms with Crippen LogP contribution in [0.3, 0.4) is 0 Å². The lowest BCUT2D eigenvalue weighted by atomic mass is 10.00. The van der Waals surface area contributed by atoms with Gasteiger partial charge in [0.2, 0.25) is 0 Å². The van der Waals surface area contributed by atoms with E-state index in [2.05, 4.69) is 5.10 Å². The predicted molar refractivity (Wildman–Crippen MR) is 150 cm³/mol. The van der Waals surface area contributed by atoms with Crippen molar-refractivity contribution in [3.8, 4) is 0 Å². The molecule has 3 aromatic rings. The number of halogens is 4. The average Bonchev–Trinajstić information content (AvgIpc) is 3.35. The van der Waals surface area contributed by atoms with Gasteiger partial charge in [-0.15, -0.1) is 0 Å². The van der Waals surface area contributed by atoms with E-state index in [0.29, 0.717) is 50.1 Å². The molecule has 1 atom stereocenters. The van der Waals surface area contributed by atoms with Crippen LogP contribution in [-0.2, 0) is 25.8 Å². The van der Waals surface area contributed by atoms with E-state index in [0.717, 1.165) is 11.6 Å². The predicted octanol–water partition coefficient (Wildman–Crippen LogP) is 5.71. The summed E-state index contributed by atoms with van der Waals surface area (Å²) in [5.74, 6) is -0.0224. The normalized spacial score (nSPS) is 19.5. The lowest BCUT2D eigenvalue weighted by Crippen LogP contribution is -2.54.